The molecule has 6 heteroatoms. The molecule has 0 saturated heterocycles. The Morgan fingerprint density at radius 2 is 2.00 bits per heavy atom. The number of nitrogens with two attached hydrogens (primary N) is 1. The van der Waals surface area contributed by atoms with Gasteiger partial charge in [0.15, 0.2) is 11.6 Å². The first-order valence-corrected chi connectivity index (χ1v) is 4.85. The lowest BCUT2D eigenvalue weighted by molar-refractivity contribution is -0.142. The Labute approximate surface area is 97.3 Å². The van der Waals surface area contributed by atoms with Gasteiger partial charge >= 0.3 is 5.97 Å². The molecule has 1 aromatic rings. The van der Waals surface area contributed by atoms with Crippen molar-refractivity contribution in [2.45, 2.75) is 12.5 Å². The monoisotopic (exact) mass is 245 g/mol. The Kier molecular flexibility index (Phi) is 4.39. The highest BCUT2D eigenvalue weighted by Gasteiger charge is 2.20. The van der Waals surface area contributed by atoms with Gasteiger partial charge in [-0.25, -0.2) is 4.39 Å². The molecular formula is C11H13F2NO3. The van der Waals surface area contributed by atoms with Crippen molar-refractivity contribution in [3.8, 4) is 5.75 Å². The van der Waals surface area contributed by atoms with Crippen molar-refractivity contribution >= 4 is 5.97 Å². The van der Waals surface area contributed by atoms with Crippen molar-refractivity contribution in [2.24, 2.45) is 5.73 Å². The second-order valence-electron chi connectivity index (χ2n) is 3.39. The average molecular weight is 245 g/mol. The van der Waals surface area contributed by atoms with Gasteiger partial charge < -0.3 is 15.2 Å². The summed E-state index contributed by atoms with van der Waals surface area (Å²) in [5.74, 6) is -3.04. The minimum absolute atomic E-state index is 0.00111. The molecule has 94 valence electrons. The minimum Gasteiger partial charge on any atom is -0.494 e. The van der Waals surface area contributed by atoms with Crippen LogP contribution in [0.25, 0.3) is 0 Å². The molecule has 0 saturated carbocycles. The Morgan fingerprint density at radius 1 is 1.35 bits per heavy atom. The quantitative estimate of drug-likeness (QED) is 0.804. The first-order chi connectivity index (χ1) is 8.01. The maximum absolute atomic E-state index is 13.5. The number of ether oxygens (including phenoxy) is 2. The van der Waals surface area contributed by atoms with Gasteiger partial charge in [-0.2, -0.15) is 4.39 Å². The summed E-state index contributed by atoms with van der Waals surface area (Å²) in [5, 5.41) is 0. The van der Waals surface area contributed by atoms with E-state index < -0.39 is 23.6 Å². The number of carbonyl (C=O) groups excluding carboxylic acids is 1. The second-order valence-corrected chi connectivity index (χ2v) is 3.39. The molecular weight excluding hydrogens is 232 g/mol. The number of halogens is 2. The fraction of sp³-hybridized carbons (Fsp3) is 0.364. The zero-order chi connectivity index (χ0) is 13.0. The topological polar surface area (TPSA) is 61.5 Å². The number of benzene rings is 1. The molecule has 0 aliphatic rings. The van der Waals surface area contributed by atoms with Gasteiger partial charge in [-0.15, -0.1) is 0 Å². The zero-order valence-electron chi connectivity index (χ0n) is 9.50. The van der Waals surface area contributed by atoms with E-state index in [-0.39, 0.29) is 17.7 Å². The van der Waals surface area contributed by atoms with Crippen LogP contribution in [0.1, 0.15) is 5.56 Å². The van der Waals surface area contributed by atoms with E-state index in [9.17, 15) is 13.6 Å². The van der Waals surface area contributed by atoms with Gasteiger partial charge in [0.1, 0.15) is 6.04 Å². The SMILES string of the molecule is COC(=O)[C@@H](N)Cc1ccc(OC)c(F)c1F. The van der Waals surface area contributed by atoms with Crippen LogP contribution in [0.5, 0.6) is 5.75 Å². The molecule has 1 aromatic carbocycles. The van der Waals surface area contributed by atoms with Gasteiger partial charge in [-0.3, -0.25) is 4.79 Å². The highest BCUT2D eigenvalue weighted by molar-refractivity contribution is 5.75. The highest BCUT2D eigenvalue weighted by Crippen LogP contribution is 2.23. The van der Waals surface area contributed by atoms with Crippen molar-refractivity contribution in [1.82, 2.24) is 0 Å². The molecule has 0 heterocycles. The summed E-state index contributed by atoms with van der Waals surface area (Å²) in [6, 6.07) is 1.57. The average Bonchev–Trinajstić information content (AvgIpc) is 2.34. The molecule has 0 radical (unpaired) electrons. The van der Waals surface area contributed by atoms with Crippen molar-refractivity contribution in [3.63, 3.8) is 0 Å². The van der Waals surface area contributed by atoms with Gasteiger partial charge in [0.2, 0.25) is 5.82 Å². The number of hydrogen-bond donors (Lipinski definition) is 1. The highest BCUT2D eigenvalue weighted by atomic mass is 19.2. The maximum Gasteiger partial charge on any atom is 0.322 e. The lowest BCUT2D eigenvalue weighted by Gasteiger charge is -2.11. The summed E-state index contributed by atoms with van der Waals surface area (Å²) >= 11 is 0. The standard InChI is InChI=1S/C11H13F2NO3/c1-16-8-4-3-6(9(12)10(8)13)5-7(14)11(15)17-2/h3-4,7H,5,14H2,1-2H3/t7-/m0/s1. The molecule has 17 heavy (non-hydrogen) atoms. The molecule has 0 aliphatic carbocycles. The van der Waals surface area contributed by atoms with E-state index in [0.717, 1.165) is 0 Å². The molecule has 0 fully saturated rings. The summed E-state index contributed by atoms with van der Waals surface area (Å²) in [6.07, 6.45) is -0.139. The van der Waals surface area contributed by atoms with E-state index in [1.165, 1.54) is 26.4 Å². The van der Waals surface area contributed by atoms with Crippen LogP contribution in [0.4, 0.5) is 8.78 Å². The predicted octanol–water partition coefficient (Wildman–Crippen LogP) is 1.02. The van der Waals surface area contributed by atoms with E-state index >= 15 is 0 Å². The fourth-order valence-electron chi connectivity index (χ4n) is 1.36. The number of methoxy groups -OCH3 is 2. The predicted molar refractivity (Wildman–Crippen MR) is 56.6 cm³/mol. The third kappa shape index (κ3) is 2.91. The van der Waals surface area contributed by atoms with Crippen LogP contribution < -0.4 is 10.5 Å². The van der Waals surface area contributed by atoms with Gasteiger partial charge in [0.05, 0.1) is 14.2 Å². The number of hydrogen-bond acceptors (Lipinski definition) is 4. The Hall–Kier alpha value is -1.69. The molecule has 4 nitrogen and oxygen atoms in total. The smallest absolute Gasteiger partial charge is 0.322 e. The largest absolute Gasteiger partial charge is 0.494 e. The lowest BCUT2D eigenvalue weighted by atomic mass is 10.1. The molecule has 0 amide bonds. The van der Waals surface area contributed by atoms with Crippen molar-refractivity contribution in [2.75, 3.05) is 14.2 Å². The van der Waals surface area contributed by atoms with Crippen molar-refractivity contribution in [1.29, 1.82) is 0 Å². The molecule has 2 N–H and O–H groups in total. The first-order valence-electron chi connectivity index (χ1n) is 4.85. The molecule has 1 rings (SSSR count). The normalized spacial score (nSPS) is 12.1. The van der Waals surface area contributed by atoms with Crippen LogP contribution in [-0.4, -0.2) is 26.2 Å². The van der Waals surface area contributed by atoms with E-state index in [0.29, 0.717) is 0 Å². The van der Waals surface area contributed by atoms with Gasteiger partial charge in [-0.05, 0) is 11.6 Å². The van der Waals surface area contributed by atoms with Crippen LogP contribution in [-0.2, 0) is 16.0 Å². The Bertz CT molecular complexity index is 423. The molecule has 0 unspecified atom stereocenters. The van der Waals surface area contributed by atoms with Crippen LogP contribution in [0.2, 0.25) is 0 Å². The van der Waals surface area contributed by atoms with Gasteiger partial charge in [-0.1, -0.05) is 6.07 Å². The minimum atomic E-state index is -1.10. The summed E-state index contributed by atoms with van der Waals surface area (Å²) in [6.45, 7) is 0. The van der Waals surface area contributed by atoms with Crippen LogP contribution in [0.3, 0.4) is 0 Å². The van der Waals surface area contributed by atoms with E-state index in [1.807, 2.05) is 0 Å². The Balaban J connectivity index is 2.93. The van der Waals surface area contributed by atoms with E-state index in [4.69, 9.17) is 5.73 Å². The van der Waals surface area contributed by atoms with Gasteiger partial charge in [0, 0.05) is 6.42 Å². The zero-order valence-corrected chi connectivity index (χ0v) is 9.50. The molecule has 1 atom stereocenters. The van der Waals surface area contributed by atoms with Gasteiger partial charge in [0.25, 0.3) is 0 Å². The van der Waals surface area contributed by atoms with Crippen LogP contribution in [0.15, 0.2) is 12.1 Å². The molecule has 0 bridgehead atoms. The summed E-state index contributed by atoms with van der Waals surface area (Å²) in [5.41, 5.74) is 5.46. The first kappa shape index (κ1) is 13.4. The molecule has 0 aliphatic heterocycles. The lowest BCUT2D eigenvalue weighted by Crippen LogP contribution is -2.34. The Morgan fingerprint density at radius 3 is 2.53 bits per heavy atom. The molecule has 0 aromatic heterocycles. The maximum atomic E-state index is 13.5. The van der Waals surface area contributed by atoms with E-state index in [1.54, 1.807) is 0 Å². The number of carbonyl (C=O) groups is 1. The fourth-order valence-corrected chi connectivity index (χ4v) is 1.36. The van der Waals surface area contributed by atoms with Crippen molar-refractivity contribution < 1.29 is 23.0 Å². The van der Waals surface area contributed by atoms with E-state index in [2.05, 4.69) is 9.47 Å². The van der Waals surface area contributed by atoms with Crippen LogP contribution in [0, 0.1) is 11.6 Å². The third-order valence-electron chi connectivity index (χ3n) is 2.29. The summed E-state index contributed by atoms with van der Waals surface area (Å²) in [7, 11) is 2.41. The third-order valence-corrected chi connectivity index (χ3v) is 2.29. The molecule has 0 spiro atoms. The summed E-state index contributed by atoms with van der Waals surface area (Å²) < 4.78 is 35.9. The van der Waals surface area contributed by atoms with Crippen molar-refractivity contribution in [3.05, 3.63) is 29.3 Å². The van der Waals surface area contributed by atoms with Crippen LogP contribution >= 0.6 is 0 Å². The summed E-state index contributed by atoms with van der Waals surface area (Å²) in [4.78, 5) is 11.0. The second kappa shape index (κ2) is 5.58. The number of rotatable bonds is 4. The number of esters is 1.